The number of nitrogens with zero attached hydrogens (tertiary/aromatic N) is 3. The van der Waals surface area contributed by atoms with E-state index in [1.165, 1.54) is 10.7 Å². The quantitative estimate of drug-likeness (QED) is 0.911. The van der Waals surface area contributed by atoms with E-state index in [1.54, 1.807) is 11.9 Å². The van der Waals surface area contributed by atoms with Crippen molar-refractivity contribution < 1.29 is 14.7 Å². The summed E-state index contributed by atoms with van der Waals surface area (Å²) in [5, 5.41) is 12.8. The molecule has 2 heterocycles. The molecule has 0 unspecified atom stereocenters. The molecule has 0 spiro atoms. The molecular formula is C15H15N3O3. The van der Waals surface area contributed by atoms with Gasteiger partial charge in [-0.1, -0.05) is 18.2 Å². The lowest BCUT2D eigenvalue weighted by atomic mass is 10.0. The monoisotopic (exact) mass is 285 g/mol. The highest BCUT2D eigenvalue weighted by Crippen LogP contribution is 2.28. The molecule has 1 aromatic carbocycles. The van der Waals surface area contributed by atoms with Crippen molar-refractivity contribution in [3.8, 4) is 0 Å². The minimum atomic E-state index is -1.14. The maximum atomic E-state index is 12.7. The minimum absolute atomic E-state index is 0.119. The van der Waals surface area contributed by atoms with Crippen LogP contribution in [0.25, 0.3) is 0 Å². The summed E-state index contributed by atoms with van der Waals surface area (Å²) in [7, 11) is 1.58. The van der Waals surface area contributed by atoms with Crippen LogP contribution >= 0.6 is 0 Å². The number of benzene rings is 1. The summed E-state index contributed by atoms with van der Waals surface area (Å²) in [5.41, 5.74) is 2.19. The van der Waals surface area contributed by atoms with E-state index >= 15 is 0 Å². The van der Waals surface area contributed by atoms with E-state index in [0.717, 1.165) is 24.1 Å². The van der Waals surface area contributed by atoms with E-state index < -0.39 is 5.97 Å². The van der Waals surface area contributed by atoms with Gasteiger partial charge < -0.3 is 10.0 Å². The fourth-order valence-corrected chi connectivity index (χ4v) is 2.65. The van der Waals surface area contributed by atoms with Gasteiger partial charge in [0.1, 0.15) is 5.69 Å². The number of carboxylic acids is 1. The number of hydrogen-bond acceptors (Lipinski definition) is 3. The van der Waals surface area contributed by atoms with E-state index in [9.17, 15) is 9.59 Å². The molecule has 1 aromatic heterocycles. The molecule has 3 rings (SSSR count). The molecule has 0 fully saturated rings. The maximum Gasteiger partial charge on any atom is 0.356 e. The number of fused-ring (bicyclic) bond motifs is 1. The van der Waals surface area contributed by atoms with Crippen molar-refractivity contribution in [3.05, 3.63) is 47.3 Å². The van der Waals surface area contributed by atoms with Crippen LogP contribution in [0.5, 0.6) is 0 Å². The Morgan fingerprint density at radius 2 is 2.05 bits per heavy atom. The SMILES string of the molecule is Cn1nc(C(=O)O)cc1C(=O)N1CCCc2ccccc21. The molecule has 1 amide bonds. The van der Waals surface area contributed by atoms with Crippen LogP contribution in [0.4, 0.5) is 5.69 Å². The van der Waals surface area contributed by atoms with Gasteiger partial charge in [-0.3, -0.25) is 9.48 Å². The number of hydrogen-bond donors (Lipinski definition) is 1. The summed E-state index contributed by atoms with van der Waals surface area (Å²) in [6, 6.07) is 9.11. The lowest BCUT2D eigenvalue weighted by Gasteiger charge is -2.29. The van der Waals surface area contributed by atoms with Gasteiger partial charge in [-0.2, -0.15) is 5.10 Å². The summed E-state index contributed by atoms with van der Waals surface area (Å²) in [4.78, 5) is 25.4. The third kappa shape index (κ3) is 2.29. The van der Waals surface area contributed by atoms with Gasteiger partial charge in [0, 0.05) is 25.3 Å². The van der Waals surface area contributed by atoms with E-state index in [1.807, 2.05) is 24.3 Å². The largest absolute Gasteiger partial charge is 0.476 e. The van der Waals surface area contributed by atoms with E-state index in [2.05, 4.69) is 5.10 Å². The third-order valence-corrected chi connectivity index (χ3v) is 3.67. The first kappa shape index (κ1) is 13.4. The zero-order valence-electron chi connectivity index (χ0n) is 11.6. The average Bonchev–Trinajstić information content (AvgIpc) is 2.88. The van der Waals surface area contributed by atoms with Gasteiger partial charge in [-0.25, -0.2) is 4.79 Å². The van der Waals surface area contributed by atoms with Crippen LogP contribution in [0.15, 0.2) is 30.3 Å². The first-order valence-corrected chi connectivity index (χ1v) is 6.75. The average molecular weight is 285 g/mol. The Labute approximate surface area is 121 Å². The van der Waals surface area contributed by atoms with Crippen LogP contribution in [0.1, 0.15) is 33.0 Å². The second kappa shape index (κ2) is 5.05. The van der Waals surface area contributed by atoms with Gasteiger partial charge in [0.05, 0.1) is 0 Å². The molecule has 1 aliphatic rings. The number of carboxylic acid groups (broad SMARTS) is 1. The van der Waals surface area contributed by atoms with Crippen LogP contribution in [-0.4, -0.2) is 33.3 Å². The smallest absolute Gasteiger partial charge is 0.356 e. The number of para-hydroxylation sites is 1. The van der Waals surface area contributed by atoms with Crippen LogP contribution < -0.4 is 4.90 Å². The first-order chi connectivity index (χ1) is 10.1. The Bertz CT molecular complexity index is 721. The van der Waals surface area contributed by atoms with Gasteiger partial charge in [0.2, 0.25) is 0 Å². The highest BCUT2D eigenvalue weighted by molar-refractivity contribution is 6.06. The molecule has 21 heavy (non-hydrogen) atoms. The van der Waals surface area contributed by atoms with Crippen molar-refractivity contribution in [1.82, 2.24) is 9.78 Å². The molecule has 2 aromatic rings. The molecule has 0 saturated heterocycles. The van der Waals surface area contributed by atoms with Crippen LogP contribution in [0.3, 0.4) is 0 Å². The summed E-state index contributed by atoms with van der Waals surface area (Å²) in [6.45, 7) is 0.628. The number of carbonyl (C=O) groups is 2. The fraction of sp³-hybridized carbons (Fsp3) is 0.267. The van der Waals surface area contributed by atoms with Crippen molar-refractivity contribution >= 4 is 17.6 Å². The summed E-state index contributed by atoms with van der Waals surface area (Å²) >= 11 is 0. The standard InChI is InChI=1S/C15H15N3O3/c1-17-13(9-11(16-17)15(20)21)14(19)18-8-4-6-10-5-2-3-7-12(10)18/h2-3,5,7,9H,4,6,8H2,1H3,(H,20,21). The number of aryl methyl sites for hydroxylation is 2. The molecular weight excluding hydrogens is 270 g/mol. The molecule has 6 heteroatoms. The Hall–Kier alpha value is -2.63. The molecule has 0 atom stereocenters. The van der Waals surface area contributed by atoms with Crippen molar-refractivity contribution in [2.45, 2.75) is 12.8 Å². The summed E-state index contributed by atoms with van der Waals surface area (Å²) < 4.78 is 1.32. The molecule has 0 aliphatic carbocycles. The molecule has 1 N–H and O–H groups in total. The number of anilines is 1. The molecule has 0 radical (unpaired) electrons. The Balaban J connectivity index is 1.98. The molecule has 1 aliphatic heterocycles. The van der Waals surface area contributed by atoms with Gasteiger partial charge in [0.15, 0.2) is 5.69 Å². The second-order valence-electron chi connectivity index (χ2n) is 5.03. The van der Waals surface area contributed by atoms with Crippen molar-refractivity contribution in [1.29, 1.82) is 0 Å². The predicted molar refractivity (Wildman–Crippen MR) is 76.6 cm³/mol. The molecule has 6 nitrogen and oxygen atoms in total. The zero-order chi connectivity index (χ0) is 15.0. The van der Waals surface area contributed by atoms with Gasteiger partial charge in [-0.05, 0) is 24.5 Å². The van der Waals surface area contributed by atoms with Crippen LogP contribution in [0, 0.1) is 0 Å². The van der Waals surface area contributed by atoms with Gasteiger partial charge in [-0.15, -0.1) is 0 Å². The number of aromatic carboxylic acids is 1. The number of rotatable bonds is 2. The third-order valence-electron chi connectivity index (χ3n) is 3.67. The van der Waals surface area contributed by atoms with Crippen LogP contribution in [0.2, 0.25) is 0 Å². The fourth-order valence-electron chi connectivity index (χ4n) is 2.65. The van der Waals surface area contributed by atoms with Gasteiger partial charge >= 0.3 is 5.97 Å². The second-order valence-corrected chi connectivity index (χ2v) is 5.03. The van der Waals surface area contributed by atoms with Crippen molar-refractivity contribution in [3.63, 3.8) is 0 Å². The van der Waals surface area contributed by atoms with E-state index in [0.29, 0.717) is 6.54 Å². The lowest BCUT2D eigenvalue weighted by Crippen LogP contribution is -2.36. The summed E-state index contributed by atoms with van der Waals surface area (Å²) in [5.74, 6) is -1.35. The van der Waals surface area contributed by atoms with Crippen LogP contribution in [-0.2, 0) is 13.5 Å². The maximum absolute atomic E-state index is 12.7. The lowest BCUT2D eigenvalue weighted by molar-refractivity contribution is 0.0689. The van der Waals surface area contributed by atoms with E-state index in [-0.39, 0.29) is 17.3 Å². The normalized spacial score (nSPS) is 13.9. The van der Waals surface area contributed by atoms with E-state index in [4.69, 9.17) is 5.11 Å². The van der Waals surface area contributed by atoms with Gasteiger partial charge in [0.25, 0.3) is 5.91 Å². The van der Waals surface area contributed by atoms with Crippen molar-refractivity contribution in [2.75, 3.05) is 11.4 Å². The summed E-state index contributed by atoms with van der Waals surface area (Å²) in [6.07, 6.45) is 1.85. The highest BCUT2D eigenvalue weighted by atomic mass is 16.4. The number of carbonyl (C=O) groups excluding carboxylic acids is 1. The first-order valence-electron chi connectivity index (χ1n) is 6.75. The van der Waals surface area contributed by atoms with Crippen molar-refractivity contribution in [2.24, 2.45) is 7.05 Å². The number of aromatic nitrogens is 2. The minimum Gasteiger partial charge on any atom is -0.476 e. The molecule has 108 valence electrons. The molecule has 0 saturated carbocycles. The Morgan fingerprint density at radius 3 is 2.76 bits per heavy atom. The zero-order valence-corrected chi connectivity index (χ0v) is 11.6. The number of amides is 1. The predicted octanol–water partition coefficient (Wildman–Crippen LogP) is 1.71. The Kier molecular flexibility index (Phi) is 3.21. The molecule has 0 bridgehead atoms. The Morgan fingerprint density at radius 1 is 1.29 bits per heavy atom. The topological polar surface area (TPSA) is 75.4 Å². The highest BCUT2D eigenvalue weighted by Gasteiger charge is 2.26.